The molecule has 0 atom stereocenters. The number of amides is 2. The summed E-state index contributed by atoms with van der Waals surface area (Å²) in [5.74, 6) is 0.323. The van der Waals surface area contributed by atoms with Crippen molar-refractivity contribution in [3.05, 3.63) is 58.6 Å². The van der Waals surface area contributed by atoms with Crippen molar-refractivity contribution in [1.82, 2.24) is 4.90 Å². The molecule has 6 heteroatoms. The van der Waals surface area contributed by atoms with Gasteiger partial charge in [0.2, 0.25) is 5.91 Å². The average molecular weight is 458 g/mol. The molecule has 0 bridgehead atoms. The van der Waals surface area contributed by atoms with Gasteiger partial charge in [-0.05, 0) is 54.7 Å². The number of halogens is 1. The van der Waals surface area contributed by atoms with Crippen molar-refractivity contribution in [2.45, 2.75) is 47.1 Å². The van der Waals surface area contributed by atoms with Gasteiger partial charge in [0.15, 0.2) is 0 Å². The predicted octanol–water partition coefficient (Wildman–Crippen LogP) is 6.08. The minimum absolute atomic E-state index is 0.0275. The Balaban J connectivity index is 2.36. The third-order valence-electron chi connectivity index (χ3n) is 5.53. The van der Waals surface area contributed by atoms with Gasteiger partial charge in [-0.1, -0.05) is 51.4 Å². The summed E-state index contributed by atoms with van der Waals surface area (Å²) in [5, 5.41) is 3.36. The Morgan fingerprint density at radius 3 is 2.25 bits per heavy atom. The summed E-state index contributed by atoms with van der Waals surface area (Å²) in [5.41, 5.74) is 3.12. The first-order chi connectivity index (χ1) is 15.2. The Morgan fingerprint density at radius 2 is 1.69 bits per heavy atom. The van der Waals surface area contributed by atoms with Crippen molar-refractivity contribution >= 4 is 34.8 Å². The lowest BCUT2D eigenvalue weighted by atomic mass is 10.00. The summed E-state index contributed by atoms with van der Waals surface area (Å²) in [6.45, 7) is 9.57. The topological polar surface area (TPSA) is 52.7 Å². The highest BCUT2D eigenvalue weighted by Gasteiger charge is 2.24. The third kappa shape index (κ3) is 6.73. The van der Waals surface area contributed by atoms with E-state index in [0.29, 0.717) is 35.3 Å². The van der Waals surface area contributed by atoms with E-state index in [9.17, 15) is 9.59 Å². The fourth-order valence-electron chi connectivity index (χ4n) is 3.84. The number of carbonyl (C=O) groups is 2. The molecule has 0 aliphatic carbocycles. The zero-order valence-electron chi connectivity index (χ0n) is 20.1. The Labute approximate surface area is 197 Å². The molecule has 0 spiro atoms. The monoisotopic (exact) mass is 457 g/mol. The maximum atomic E-state index is 13.2. The van der Waals surface area contributed by atoms with Crippen molar-refractivity contribution in [3.63, 3.8) is 0 Å². The number of nitrogens with zero attached hydrogens (tertiary/aromatic N) is 2. The Kier molecular flexibility index (Phi) is 9.58. The minimum Gasteiger partial charge on any atom is -0.377 e. The fraction of sp³-hybridized carbons (Fsp3) is 0.462. The molecule has 0 heterocycles. The van der Waals surface area contributed by atoms with Crippen LogP contribution >= 0.6 is 11.6 Å². The van der Waals surface area contributed by atoms with Crippen LogP contribution in [0.4, 0.5) is 11.4 Å². The lowest BCUT2D eigenvalue weighted by molar-refractivity contribution is -0.137. The number of anilines is 2. The van der Waals surface area contributed by atoms with Crippen molar-refractivity contribution in [3.8, 4) is 0 Å². The molecule has 5 nitrogen and oxygen atoms in total. The molecule has 0 aliphatic heterocycles. The summed E-state index contributed by atoms with van der Waals surface area (Å²) < 4.78 is 0. The zero-order valence-corrected chi connectivity index (χ0v) is 20.9. The molecule has 0 unspecified atom stereocenters. The van der Waals surface area contributed by atoms with Crippen LogP contribution in [0.15, 0.2) is 42.5 Å². The van der Waals surface area contributed by atoms with E-state index in [0.717, 1.165) is 24.1 Å². The van der Waals surface area contributed by atoms with Gasteiger partial charge in [0, 0.05) is 44.5 Å². The van der Waals surface area contributed by atoms with Crippen LogP contribution in [0, 0.1) is 11.8 Å². The second kappa shape index (κ2) is 11.9. The van der Waals surface area contributed by atoms with E-state index in [-0.39, 0.29) is 17.7 Å². The van der Waals surface area contributed by atoms with Gasteiger partial charge < -0.3 is 15.1 Å². The van der Waals surface area contributed by atoms with E-state index in [4.69, 9.17) is 11.6 Å². The van der Waals surface area contributed by atoms with Crippen molar-refractivity contribution in [2.24, 2.45) is 11.8 Å². The molecule has 2 rings (SSSR count). The van der Waals surface area contributed by atoms with Crippen LogP contribution in [-0.2, 0) is 11.3 Å². The molecule has 0 saturated heterocycles. The van der Waals surface area contributed by atoms with Gasteiger partial charge in [-0.25, -0.2) is 0 Å². The van der Waals surface area contributed by atoms with Gasteiger partial charge >= 0.3 is 0 Å². The first-order valence-corrected chi connectivity index (χ1v) is 11.7. The molecule has 2 aromatic carbocycles. The van der Waals surface area contributed by atoms with Crippen LogP contribution in [0.3, 0.4) is 0 Å². The molecule has 2 aromatic rings. The molecule has 0 aliphatic rings. The SMILES string of the molecule is CCC(CC)C(=O)N(Cc1cc(NC(=O)c2ccccc2Cl)ccc1N(C)C)CC(C)C. The number of carbonyl (C=O) groups excluding carboxylic acids is 2. The Hall–Kier alpha value is -2.53. The van der Waals surface area contributed by atoms with Crippen LogP contribution in [0.2, 0.25) is 5.02 Å². The van der Waals surface area contributed by atoms with E-state index < -0.39 is 0 Å². The number of benzene rings is 2. The van der Waals surface area contributed by atoms with Gasteiger partial charge in [-0.15, -0.1) is 0 Å². The second-order valence-corrected chi connectivity index (χ2v) is 9.21. The predicted molar refractivity (Wildman–Crippen MR) is 135 cm³/mol. The molecule has 0 saturated carbocycles. The van der Waals surface area contributed by atoms with Gasteiger partial charge in [0.25, 0.3) is 5.91 Å². The highest BCUT2D eigenvalue weighted by molar-refractivity contribution is 6.34. The van der Waals surface area contributed by atoms with Crippen LogP contribution in [0.25, 0.3) is 0 Å². The van der Waals surface area contributed by atoms with Gasteiger partial charge in [-0.3, -0.25) is 9.59 Å². The molecule has 174 valence electrons. The van der Waals surface area contributed by atoms with Crippen LogP contribution in [0.1, 0.15) is 56.5 Å². The fourth-order valence-corrected chi connectivity index (χ4v) is 4.07. The molecular formula is C26H36ClN3O2. The summed E-state index contributed by atoms with van der Waals surface area (Å²) in [6.07, 6.45) is 1.66. The first kappa shape index (κ1) is 25.7. The maximum Gasteiger partial charge on any atom is 0.257 e. The molecule has 0 fully saturated rings. The summed E-state index contributed by atoms with van der Waals surface area (Å²) in [4.78, 5) is 30.0. The van der Waals surface area contributed by atoms with Gasteiger partial charge in [0.05, 0.1) is 10.6 Å². The smallest absolute Gasteiger partial charge is 0.257 e. The normalized spacial score (nSPS) is 11.0. The molecule has 0 aromatic heterocycles. The van der Waals surface area contributed by atoms with Crippen molar-refractivity contribution < 1.29 is 9.59 Å². The van der Waals surface area contributed by atoms with Crippen molar-refractivity contribution in [1.29, 1.82) is 0 Å². The minimum atomic E-state index is -0.258. The van der Waals surface area contributed by atoms with E-state index in [1.807, 2.05) is 42.1 Å². The van der Waals surface area contributed by atoms with Gasteiger partial charge in [0.1, 0.15) is 0 Å². The summed E-state index contributed by atoms with van der Waals surface area (Å²) in [6, 6.07) is 12.8. The molecular weight excluding hydrogens is 422 g/mol. The number of nitrogens with one attached hydrogen (secondary N) is 1. The second-order valence-electron chi connectivity index (χ2n) is 8.80. The van der Waals surface area contributed by atoms with Crippen LogP contribution in [0.5, 0.6) is 0 Å². The molecule has 2 amide bonds. The van der Waals surface area contributed by atoms with Crippen LogP contribution < -0.4 is 10.2 Å². The highest BCUT2D eigenvalue weighted by Crippen LogP contribution is 2.27. The Bertz CT molecular complexity index is 923. The third-order valence-corrected chi connectivity index (χ3v) is 5.86. The zero-order chi connectivity index (χ0) is 23.8. The number of rotatable bonds is 10. The van der Waals surface area contributed by atoms with E-state index >= 15 is 0 Å². The molecule has 0 radical (unpaired) electrons. The first-order valence-electron chi connectivity index (χ1n) is 11.3. The maximum absolute atomic E-state index is 13.2. The summed E-state index contributed by atoms with van der Waals surface area (Å²) >= 11 is 6.18. The molecule has 1 N–H and O–H groups in total. The van der Waals surface area contributed by atoms with E-state index in [2.05, 4.69) is 33.0 Å². The average Bonchev–Trinajstić information content (AvgIpc) is 2.74. The van der Waals surface area contributed by atoms with E-state index in [1.165, 1.54) is 0 Å². The largest absolute Gasteiger partial charge is 0.377 e. The highest BCUT2D eigenvalue weighted by atomic mass is 35.5. The standard InChI is InChI=1S/C26H36ClN3O2/c1-7-19(8-2)26(32)30(16-18(3)4)17-20-15-21(13-14-24(20)29(5)6)28-25(31)22-11-9-10-12-23(22)27/h9-15,18-19H,7-8,16-17H2,1-6H3,(H,28,31). The number of hydrogen-bond donors (Lipinski definition) is 1. The quantitative estimate of drug-likeness (QED) is 0.470. The van der Waals surface area contributed by atoms with E-state index in [1.54, 1.807) is 24.3 Å². The number of hydrogen-bond acceptors (Lipinski definition) is 3. The van der Waals surface area contributed by atoms with Crippen molar-refractivity contribution in [2.75, 3.05) is 30.9 Å². The van der Waals surface area contributed by atoms with Crippen LogP contribution in [-0.4, -0.2) is 37.4 Å². The summed E-state index contributed by atoms with van der Waals surface area (Å²) in [7, 11) is 3.96. The lowest BCUT2D eigenvalue weighted by Crippen LogP contribution is -2.38. The molecule has 32 heavy (non-hydrogen) atoms. The van der Waals surface area contributed by atoms with Gasteiger partial charge in [-0.2, -0.15) is 0 Å². The lowest BCUT2D eigenvalue weighted by Gasteiger charge is -2.30. The Morgan fingerprint density at radius 1 is 1.03 bits per heavy atom.